The van der Waals surface area contributed by atoms with Gasteiger partial charge >= 0.3 is 0 Å². The second kappa shape index (κ2) is 9.47. The monoisotopic (exact) mass is 340 g/mol. The Labute approximate surface area is 148 Å². The number of likely N-dealkylation sites (N-methyl/N-ethyl adjacent to an activating group) is 1. The van der Waals surface area contributed by atoms with Crippen LogP contribution in [0.15, 0.2) is 48.5 Å². The molecule has 2 rings (SSSR count). The smallest absolute Gasteiger partial charge is 0.224 e. The van der Waals surface area contributed by atoms with E-state index in [1.165, 1.54) is 0 Å². The van der Waals surface area contributed by atoms with Gasteiger partial charge in [-0.05, 0) is 48.7 Å². The first-order valence-electron chi connectivity index (χ1n) is 8.35. The van der Waals surface area contributed by atoms with Crippen molar-refractivity contribution in [1.82, 2.24) is 5.32 Å². The van der Waals surface area contributed by atoms with Crippen molar-refractivity contribution in [3.63, 3.8) is 0 Å². The Balaban J connectivity index is 1.70. The Morgan fingerprint density at radius 2 is 1.80 bits per heavy atom. The zero-order chi connectivity index (χ0) is 18.1. The number of hydrogen-bond acceptors (Lipinski definition) is 3. The van der Waals surface area contributed by atoms with Crippen molar-refractivity contribution in [1.29, 1.82) is 0 Å². The lowest BCUT2D eigenvalue weighted by Gasteiger charge is -2.08. The van der Waals surface area contributed by atoms with Gasteiger partial charge in [0.1, 0.15) is 5.75 Å². The fourth-order valence-corrected chi connectivity index (χ4v) is 2.33. The molecule has 2 N–H and O–H groups in total. The number of carbonyl (C=O) groups excluding carboxylic acids is 2. The van der Waals surface area contributed by atoms with E-state index in [0.29, 0.717) is 25.9 Å². The summed E-state index contributed by atoms with van der Waals surface area (Å²) in [5.41, 5.74) is 2.78. The molecule has 132 valence electrons. The average molecular weight is 340 g/mol. The first-order chi connectivity index (χ1) is 12.1. The highest BCUT2D eigenvalue weighted by Gasteiger charge is 2.04. The Hall–Kier alpha value is -2.82. The summed E-state index contributed by atoms with van der Waals surface area (Å²) in [6.45, 7) is 2.52. The van der Waals surface area contributed by atoms with Crippen LogP contribution in [0.5, 0.6) is 5.75 Å². The summed E-state index contributed by atoms with van der Waals surface area (Å²) >= 11 is 0. The molecule has 0 spiro atoms. The molecule has 2 amide bonds. The Bertz CT molecular complexity index is 711. The first kappa shape index (κ1) is 18.5. The van der Waals surface area contributed by atoms with Crippen LogP contribution in [0.25, 0.3) is 0 Å². The molecule has 0 radical (unpaired) electrons. The topological polar surface area (TPSA) is 67.4 Å². The SMILES string of the molecule is CNC(=O)Cc1ccc(NC(=O)CCCOc2cccc(C)c2)cc1. The maximum absolute atomic E-state index is 12.0. The number of amides is 2. The van der Waals surface area contributed by atoms with Gasteiger partial charge in [-0.15, -0.1) is 0 Å². The van der Waals surface area contributed by atoms with E-state index in [0.717, 1.165) is 22.6 Å². The Morgan fingerprint density at radius 3 is 2.48 bits per heavy atom. The van der Waals surface area contributed by atoms with Gasteiger partial charge in [0, 0.05) is 19.2 Å². The van der Waals surface area contributed by atoms with E-state index in [2.05, 4.69) is 10.6 Å². The second-order valence-corrected chi connectivity index (χ2v) is 5.86. The number of hydrogen-bond donors (Lipinski definition) is 2. The van der Waals surface area contributed by atoms with Crippen LogP contribution in [0.2, 0.25) is 0 Å². The quantitative estimate of drug-likeness (QED) is 0.726. The van der Waals surface area contributed by atoms with E-state index in [4.69, 9.17) is 4.74 Å². The van der Waals surface area contributed by atoms with Gasteiger partial charge in [0.05, 0.1) is 13.0 Å². The zero-order valence-corrected chi connectivity index (χ0v) is 14.7. The third-order valence-corrected chi connectivity index (χ3v) is 3.69. The average Bonchev–Trinajstić information content (AvgIpc) is 2.60. The maximum Gasteiger partial charge on any atom is 0.224 e. The highest BCUT2D eigenvalue weighted by atomic mass is 16.5. The summed E-state index contributed by atoms with van der Waals surface area (Å²) < 4.78 is 5.63. The number of ether oxygens (including phenoxy) is 1. The molecule has 0 unspecified atom stereocenters. The normalized spacial score (nSPS) is 10.2. The highest BCUT2D eigenvalue weighted by Crippen LogP contribution is 2.13. The van der Waals surface area contributed by atoms with Crippen LogP contribution >= 0.6 is 0 Å². The Kier molecular flexibility index (Phi) is 7.01. The number of nitrogens with one attached hydrogen (secondary N) is 2. The molecule has 0 atom stereocenters. The largest absolute Gasteiger partial charge is 0.494 e. The van der Waals surface area contributed by atoms with Crippen LogP contribution < -0.4 is 15.4 Å². The van der Waals surface area contributed by atoms with Crippen molar-refractivity contribution in [3.8, 4) is 5.75 Å². The number of aryl methyl sites for hydroxylation is 1. The summed E-state index contributed by atoms with van der Waals surface area (Å²) in [6, 6.07) is 15.1. The Morgan fingerprint density at radius 1 is 1.04 bits per heavy atom. The van der Waals surface area contributed by atoms with Crippen LogP contribution in [0.1, 0.15) is 24.0 Å². The predicted octanol–water partition coefficient (Wildman–Crippen LogP) is 3.08. The van der Waals surface area contributed by atoms with Crippen LogP contribution in [0.4, 0.5) is 5.69 Å². The molecule has 5 heteroatoms. The molecule has 0 bridgehead atoms. The second-order valence-electron chi connectivity index (χ2n) is 5.86. The van der Waals surface area contributed by atoms with Crippen molar-refractivity contribution in [2.75, 3.05) is 19.0 Å². The molecule has 0 heterocycles. The number of benzene rings is 2. The summed E-state index contributed by atoms with van der Waals surface area (Å²) in [7, 11) is 1.61. The molecule has 25 heavy (non-hydrogen) atoms. The van der Waals surface area contributed by atoms with Gasteiger partial charge in [0.25, 0.3) is 0 Å². The van der Waals surface area contributed by atoms with Gasteiger partial charge < -0.3 is 15.4 Å². The van der Waals surface area contributed by atoms with Gasteiger partial charge in [0.2, 0.25) is 11.8 Å². The molecule has 0 aliphatic carbocycles. The maximum atomic E-state index is 12.0. The predicted molar refractivity (Wildman–Crippen MR) is 98.8 cm³/mol. The van der Waals surface area contributed by atoms with Gasteiger partial charge in [0.15, 0.2) is 0 Å². The minimum Gasteiger partial charge on any atom is -0.494 e. The summed E-state index contributed by atoms with van der Waals surface area (Å²) in [5, 5.41) is 5.43. The molecule has 5 nitrogen and oxygen atoms in total. The van der Waals surface area contributed by atoms with Gasteiger partial charge in [-0.25, -0.2) is 0 Å². The lowest BCUT2D eigenvalue weighted by molar-refractivity contribution is -0.120. The molecule has 0 aliphatic heterocycles. The zero-order valence-electron chi connectivity index (χ0n) is 14.7. The highest BCUT2D eigenvalue weighted by molar-refractivity contribution is 5.90. The lowest BCUT2D eigenvalue weighted by atomic mass is 10.1. The molecule has 0 saturated heterocycles. The number of carbonyl (C=O) groups is 2. The van der Waals surface area contributed by atoms with Crippen LogP contribution in [-0.4, -0.2) is 25.5 Å². The van der Waals surface area contributed by atoms with Crippen LogP contribution in [0, 0.1) is 6.92 Å². The van der Waals surface area contributed by atoms with Gasteiger partial charge in [-0.3, -0.25) is 9.59 Å². The first-order valence-corrected chi connectivity index (χ1v) is 8.35. The molecular weight excluding hydrogens is 316 g/mol. The minimum absolute atomic E-state index is 0.0367. The molecule has 2 aromatic carbocycles. The molecule has 0 fully saturated rings. The van der Waals surface area contributed by atoms with E-state index in [1.54, 1.807) is 19.2 Å². The summed E-state index contributed by atoms with van der Waals surface area (Å²) in [4.78, 5) is 23.3. The van der Waals surface area contributed by atoms with E-state index >= 15 is 0 Å². The van der Waals surface area contributed by atoms with E-state index in [-0.39, 0.29) is 11.8 Å². The van der Waals surface area contributed by atoms with Gasteiger partial charge in [-0.2, -0.15) is 0 Å². The van der Waals surface area contributed by atoms with Crippen LogP contribution in [0.3, 0.4) is 0 Å². The summed E-state index contributed by atoms with van der Waals surface area (Å²) in [5.74, 6) is 0.740. The molecule has 0 aromatic heterocycles. The minimum atomic E-state index is -0.0492. The number of anilines is 1. The van der Waals surface area contributed by atoms with Crippen molar-refractivity contribution >= 4 is 17.5 Å². The summed E-state index contributed by atoms with van der Waals surface area (Å²) in [6.07, 6.45) is 1.38. The fraction of sp³-hybridized carbons (Fsp3) is 0.300. The van der Waals surface area contributed by atoms with Crippen molar-refractivity contribution in [2.24, 2.45) is 0 Å². The standard InChI is InChI=1S/C20H24N2O3/c1-15-5-3-6-18(13-15)25-12-4-7-19(23)22-17-10-8-16(9-11-17)14-20(24)21-2/h3,5-6,8-11,13H,4,7,12,14H2,1-2H3,(H,21,24)(H,22,23). The van der Waals surface area contributed by atoms with E-state index in [9.17, 15) is 9.59 Å². The van der Waals surface area contributed by atoms with E-state index in [1.807, 2.05) is 43.3 Å². The third kappa shape index (κ3) is 6.67. The molecular formula is C20H24N2O3. The van der Waals surface area contributed by atoms with Crippen molar-refractivity contribution in [3.05, 3.63) is 59.7 Å². The van der Waals surface area contributed by atoms with Crippen molar-refractivity contribution in [2.45, 2.75) is 26.2 Å². The van der Waals surface area contributed by atoms with Crippen LogP contribution in [-0.2, 0) is 16.0 Å². The molecule has 2 aromatic rings. The van der Waals surface area contributed by atoms with E-state index < -0.39 is 0 Å². The molecule has 0 aliphatic rings. The number of rotatable bonds is 8. The van der Waals surface area contributed by atoms with Gasteiger partial charge in [-0.1, -0.05) is 24.3 Å². The molecule has 0 saturated carbocycles. The lowest BCUT2D eigenvalue weighted by Crippen LogP contribution is -2.19. The fourth-order valence-electron chi connectivity index (χ4n) is 2.33. The van der Waals surface area contributed by atoms with Crippen molar-refractivity contribution < 1.29 is 14.3 Å². The third-order valence-electron chi connectivity index (χ3n) is 3.69.